The summed E-state index contributed by atoms with van der Waals surface area (Å²) in [4.78, 5) is 11.5. The van der Waals surface area contributed by atoms with Crippen LogP contribution in [-0.2, 0) is 11.3 Å². The fourth-order valence-electron chi connectivity index (χ4n) is 1.33. The molecular weight excluding hydrogens is 192 g/mol. The van der Waals surface area contributed by atoms with Crippen LogP contribution in [-0.4, -0.2) is 19.5 Å². The van der Waals surface area contributed by atoms with Crippen LogP contribution in [0.3, 0.4) is 0 Å². The van der Waals surface area contributed by atoms with E-state index in [2.05, 4.69) is 10.6 Å². The fraction of sp³-hybridized carbons (Fsp3) is 0.545. The number of furan rings is 1. The monoisotopic (exact) mass is 210 g/mol. The van der Waals surface area contributed by atoms with Crippen molar-refractivity contribution in [3.05, 3.63) is 24.2 Å². The highest BCUT2D eigenvalue weighted by Gasteiger charge is 2.25. The van der Waals surface area contributed by atoms with Crippen LogP contribution in [0.25, 0.3) is 0 Å². The van der Waals surface area contributed by atoms with Gasteiger partial charge < -0.3 is 15.1 Å². The molecule has 15 heavy (non-hydrogen) atoms. The zero-order valence-electron chi connectivity index (χ0n) is 9.46. The van der Waals surface area contributed by atoms with Crippen LogP contribution in [0.2, 0.25) is 0 Å². The van der Waals surface area contributed by atoms with Crippen LogP contribution in [0.1, 0.15) is 19.4 Å². The summed E-state index contributed by atoms with van der Waals surface area (Å²) in [6.07, 6.45) is 3.33. The summed E-state index contributed by atoms with van der Waals surface area (Å²) in [6, 6.07) is 1.90. The van der Waals surface area contributed by atoms with Crippen molar-refractivity contribution >= 4 is 5.91 Å². The third-order valence-corrected chi connectivity index (χ3v) is 2.32. The SMILES string of the molecule is CNC(=O)C(C)(C)CNCc1ccoc1. The molecule has 4 nitrogen and oxygen atoms in total. The largest absolute Gasteiger partial charge is 0.472 e. The Balaban J connectivity index is 2.33. The van der Waals surface area contributed by atoms with E-state index < -0.39 is 5.41 Å². The zero-order chi connectivity index (χ0) is 11.3. The zero-order valence-corrected chi connectivity index (χ0v) is 9.46. The maximum absolute atomic E-state index is 11.5. The van der Waals surface area contributed by atoms with Crippen molar-refractivity contribution in [3.63, 3.8) is 0 Å². The van der Waals surface area contributed by atoms with Gasteiger partial charge in [-0.05, 0) is 19.9 Å². The van der Waals surface area contributed by atoms with Gasteiger partial charge in [-0.1, -0.05) is 0 Å². The second kappa shape index (κ2) is 4.98. The normalized spacial score (nSPS) is 11.4. The first kappa shape index (κ1) is 11.8. The smallest absolute Gasteiger partial charge is 0.226 e. The van der Waals surface area contributed by atoms with Crippen molar-refractivity contribution in [2.45, 2.75) is 20.4 Å². The first-order valence-electron chi connectivity index (χ1n) is 5.00. The Morgan fingerprint density at radius 2 is 2.27 bits per heavy atom. The molecule has 1 rings (SSSR count). The van der Waals surface area contributed by atoms with Gasteiger partial charge in [0.1, 0.15) is 0 Å². The van der Waals surface area contributed by atoms with Crippen LogP contribution in [0.4, 0.5) is 0 Å². The van der Waals surface area contributed by atoms with E-state index in [-0.39, 0.29) is 5.91 Å². The van der Waals surface area contributed by atoms with E-state index in [0.29, 0.717) is 6.54 Å². The Hall–Kier alpha value is -1.29. The van der Waals surface area contributed by atoms with Crippen LogP contribution < -0.4 is 10.6 Å². The molecule has 1 aromatic rings. The molecule has 1 heterocycles. The summed E-state index contributed by atoms with van der Waals surface area (Å²) in [5.41, 5.74) is 0.695. The molecule has 0 aromatic carbocycles. The molecule has 0 bridgehead atoms. The minimum Gasteiger partial charge on any atom is -0.472 e. The van der Waals surface area contributed by atoms with Gasteiger partial charge in [0.2, 0.25) is 5.91 Å². The molecule has 84 valence electrons. The molecule has 0 atom stereocenters. The van der Waals surface area contributed by atoms with Gasteiger partial charge in [0.05, 0.1) is 17.9 Å². The third kappa shape index (κ3) is 3.40. The average Bonchev–Trinajstić information content (AvgIpc) is 2.69. The highest BCUT2D eigenvalue weighted by molar-refractivity contribution is 5.81. The second-order valence-corrected chi connectivity index (χ2v) is 4.20. The van der Waals surface area contributed by atoms with Gasteiger partial charge in [-0.25, -0.2) is 0 Å². The van der Waals surface area contributed by atoms with Crippen molar-refractivity contribution in [1.82, 2.24) is 10.6 Å². The number of carbonyl (C=O) groups excluding carboxylic acids is 1. The fourth-order valence-corrected chi connectivity index (χ4v) is 1.33. The molecule has 0 aliphatic carbocycles. The Morgan fingerprint density at radius 1 is 1.53 bits per heavy atom. The molecule has 1 aromatic heterocycles. The lowest BCUT2D eigenvalue weighted by Crippen LogP contribution is -2.41. The number of rotatable bonds is 5. The minimum atomic E-state index is -0.390. The number of hydrogen-bond acceptors (Lipinski definition) is 3. The standard InChI is InChI=1S/C11H18N2O2/c1-11(2,10(14)12-3)8-13-6-9-4-5-15-7-9/h4-5,7,13H,6,8H2,1-3H3,(H,12,14). The molecular formula is C11H18N2O2. The molecule has 2 N–H and O–H groups in total. The van der Waals surface area contributed by atoms with Gasteiger partial charge in [-0.3, -0.25) is 4.79 Å². The maximum atomic E-state index is 11.5. The van der Waals surface area contributed by atoms with Gasteiger partial charge in [0.15, 0.2) is 0 Å². The minimum absolute atomic E-state index is 0.0437. The van der Waals surface area contributed by atoms with E-state index in [4.69, 9.17) is 4.42 Å². The predicted molar refractivity (Wildman–Crippen MR) is 58.3 cm³/mol. The van der Waals surface area contributed by atoms with Crippen LogP contribution in [0.5, 0.6) is 0 Å². The Kier molecular flexibility index (Phi) is 3.91. The van der Waals surface area contributed by atoms with Gasteiger partial charge in [0, 0.05) is 25.7 Å². The van der Waals surface area contributed by atoms with Crippen molar-refractivity contribution < 1.29 is 9.21 Å². The van der Waals surface area contributed by atoms with Gasteiger partial charge in [0.25, 0.3) is 0 Å². The number of nitrogens with one attached hydrogen (secondary N) is 2. The Morgan fingerprint density at radius 3 is 2.80 bits per heavy atom. The molecule has 0 saturated carbocycles. The van der Waals surface area contributed by atoms with E-state index in [9.17, 15) is 4.79 Å². The third-order valence-electron chi connectivity index (χ3n) is 2.32. The summed E-state index contributed by atoms with van der Waals surface area (Å²) < 4.78 is 4.95. The molecule has 0 aliphatic heterocycles. The molecule has 0 saturated heterocycles. The van der Waals surface area contributed by atoms with E-state index in [1.54, 1.807) is 19.6 Å². The molecule has 0 radical (unpaired) electrons. The predicted octanol–water partition coefficient (Wildman–Crippen LogP) is 1.14. The molecule has 1 amide bonds. The van der Waals surface area contributed by atoms with E-state index in [1.807, 2.05) is 19.9 Å². The van der Waals surface area contributed by atoms with Crippen molar-refractivity contribution in [1.29, 1.82) is 0 Å². The second-order valence-electron chi connectivity index (χ2n) is 4.20. The molecule has 0 fully saturated rings. The Bertz CT molecular complexity index is 304. The topological polar surface area (TPSA) is 54.3 Å². The molecule has 0 unspecified atom stereocenters. The van der Waals surface area contributed by atoms with E-state index >= 15 is 0 Å². The lowest BCUT2D eigenvalue weighted by atomic mass is 9.92. The van der Waals surface area contributed by atoms with Gasteiger partial charge in [-0.2, -0.15) is 0 Å². The lowest BCUT2D eigenvalue weighted by Gasteiger charge is -2.22. The number of amides is 1. The quantitative estimate of drug-likeness (QED) is 0.766. The molecule has 4 heteroatoms. The number of carbonyl (C=O) groups is 1. The molecule has 0 spiro atoms. The van der Waals surface area contributed by atoms with Crippen LogP contribution >= 0.6 is 0 Å². The van der Waals surface area contributed by atoms with Crippen molar-refractivity contribution in [3.8, 4) is 0 Å². The van der Waals surface area contributed by atoms with Crippen LogP contribution in [0, 0.1) is 5.41 Å². The highest BCUT2D eigenvalue weighted by Crippen LogP contribution is 2.13. The van der Waals surface area contributed by atoms with Crippen molar-refractivity contribution in [2.24, 2.45) is 5.41 Å². The Labute approximate surface area is 90.0 Å². The summed E-state index contributed by atoms with van der Waals surface area (Å²) in [5.74, 6) is 0.0437. The summed E-state index contributed by atoms with van der Waals surface area (Å²) in [6.45, 7) is 5.18. The van der Waals surface area contributed by atoms with Crippen molar-refractivity contribution in [2.75, 3.05) is 13.6 Å². The summed E-state index contributed by atoms with van der Waals surface area (Å²) in [5, 5.41) is 5.87. The first-order chi connectivity index (χ1) is 7.06. The average molecular weight is 210 g/mol. The summed E-state index contributed by atoms with van der Waals surface area (Å²) in [7, 11) is 1.65. The molecule has 0 aliphatic rings. The first-order valence-corrected chi connectivity index (χ1v) is 5.00. The van der Waals surface area contributed by atoms with Crippen LogP contribution in [0.15, 0.2) is 23.0 Å². The van der Waals surface area contributed by atoms with Gasteiger partial charge >= 0.3 is 0 Å². The summed E-state index contributed by atoms with van der Waals surface area (Å²) >= 11 is 0. The lowest BCUT2D eigenvalue weighted by molar-refractivity contribution is -0.128. The van der Waals surface area contributed by atoms with E-state index in [1.165, 1.54) is 0 Å². The maximum Gasteiger partial charge on any atom is 0.226 e. The van der Waals surface area contributed by atoms with Gasteiger partial charge in [-0.15, -0.1) is 0 Å². The number of hydrogen-bond donors (Lipinski definition) is 2. The van der Waals surface area contributed by atoms with E-state index in [0.717, 1.165) is 12.1 Å². The highest BCUT2D eigenvalue weighted by atomic mass is 16.3.